The normalized spacial score (nSPS) is 16.5. The highest BCUT2D eigenvalue weighted by Gasteiger charge is 2.39. The van der Waals surface area contributed by atoms with Crippen LogP contribution in [0.5, 0.6) is 5.75 Å². The molecule has 8 heteroatoms. The van der Waals surface area contributed by atoms with Crippen LogP contribution in [0, 0.1) is 0 Å². The molecule has 3 rings (SSSR count). The Hall–Kier alpha value is -3.00. The molecule has 7 nitrogen and oxygen atoms in total. The van der Waals surface area contributed by atoms with Gasteiger partial charge in [-0.3, -0.25) is 14.5 Å². The summed E-state index contributed by atoms with van der Waals surface area (Å²) in [6, 6.07) is 13.0. The Labute approximate surface area is 160 Å². The van der Waals surface area contributed by atoms with Crippen molar-refractivity contribution >= 4 is 34.6 Å². The maximum atomic E-state index is 12.6. The molecular weight excluding hydrogens is 368 g/mol. The first-order valence-electron chi connectivity index (χ1n) is 8.29. The van der Waals surface area contributed by atoms with Gasteiger partial charge in [0.25, 0.3) is 11.1 Å². The van der Waals surface area contributed by atoms with E-state index in [1.54, 1.807) is 36.4 Å². The lowest BCUT2D eigenvalue weighted by atomic mass is 10.1. The topological polar surface area (TPSA) is 98.8 Å². The van der Waals surface area contributed by atoms with E-state index in [0.29, 0.717) is 17.9 Å². The monoisotopic (exact) mass is 385 g/mol. The summed E-state index contributed by atoms with van der Waals surface area (Å²) in [5.74, 6) is -0.890. The Morgan fingerprint density at radius 1 is 1.15 bits per heavy atom. The first kappa shape index (κ1) is 18.8. The summed E-state index contributed by atoms with van der Waals surface area (Å²) in [6.07, 6.45) is 0. The van der Waals surface area contributed by atoms with Crippen LogP contribution in [0.25, 0.3) is 0 Å². The van der Waals surface area contributed by atoms with E-state index in [0.717, 1.165) is 22.4 Å². The highest BCUT2D eigenvalue weighted by atomic mass is 32.2. The first-order chi connectivity index (χ1) is 13.0. The summed E-state index contributed by atoms with van der Waals surface area (Å²) in [6.45, 7) is 2.54. The molecule has 1 aliphatic rings. The van der Waals surface area contributed by atoms with E-state index in [1.165, 1.54) is 12.1 Å². The number of carboxylic acid groups (broad SMARTS) is 1. The van der Waals surface area contributed by atoms with Gasteiger partial charge in [0, 0.05) is 5.69 Å². The third-order valence-electron chi connectivity index (χ3n) is 3.92. The van der Waals surface area contributed by atoms with E-state index in [9.17, 15) is 19.5 Å². The van der Waals surface area contributed by atoms with Gasteiger partial charge in [-0.15, -0.1) is 0 Å². The summed E-state index contributed by atoms with van der Waals surface area (Å²) in [5, 5.41) is 12.8. The zero-order valence-electron chi connectivity index (χ0n) is 14.5. The van der Waals surface area contributed by atoms with Gasteiger partial charge in [-0.05, 0) is 54.1 Å². The number of anilines is 1. The van der Waals surface area contributed by atoms with Crippen molar-refractivity contribution in [2.45, 2.75) is 18.8 Å². The zero-order chi connectivity index (χ0) is 19.4. The Balaban J connectivity index is 1.64. The van der Waals surface area contributed by atoms with Crippen molar-refractivity contribution in [2.24, 2.45) is 0 Å². The van der Waals surface area contributed by atoms with Crippen LogP contribution >= 0.6 is 11.8 Å². The molecule has 0 bridgehead atoms. The second kappa shape index (κ2) is 8.13. The van der Waals surface area contributed by atoms with Gasteiger partial charge in [-0.25, -0.2) is 0 Å². The molecule has 0 saturated carbocycles. The van der Waals surface area contributed by atoms with Crippen LogP contribution in [0.1, 0.15) is 22.8 Å². The summed E-state index contributed by atoms with van der Waals surface area (Å²) in [7, 11) is 0. The van der Waals surface area contributed by atoms with E-state index in [1.807, 2.05) is 6.92 Å². The third kappa shape index (κ3) is 4.40. The minimum Gasteiger partial charge on any atom is -0.545 e. The number of thioether (sulfide) groups is 1. The number of nitrogens with one attached hydrogen (secondary N) is 1. The molecule has 1 N–H and O–H groups in total. The fourth-order valence-corrected chi connectivity index (χ4v) is 3.48. The van der Waals surface area contributed by atoms with Gasteiger partial charge in [0.15, 0.2) is 5.37 Å². The van der Waals surface area contributed by atoms with Crippen molar-refractivity contribution in [2.75, 3.05) is 11.9 Å². The second-order valence-corrected chi connectivity index (χ2v) is 6.83. The largest absolute Gasteiger partial charge is 0.545 e. The number of amides is 2. The van der Waals surface area contributed by atoms with E-state index in [-0.39, 0.29) is 23.3 Å². The number of carboxylic acids is 1. The fourth-order valence-electron chi connectivity index (χ4n) is 2.57. The van der Waals surface area contributed by atoms with Crippen molar-refractivity contribution in [3.63, 3.8) is 0 Å². The summed E-state index contributed by atoms with van der Waals surface area (Å²) in [4.78, 5) is 36.7. The van der Waals surface area contributed by atoms with E-state index < -0.39 is 11.3 Å². The molecule has 0 radical (unpaired) electrons. The smallest absolute Gasteiger partial charge is 0.291 e. The van der Waals surface area contributed by atoms with Crippen LogP contribution in [-0.4, -0.2) is 34.0 Å². The molecule has 1 aliphatic heterocycles. The number of hydrogen-bond donors (Lipinski definition) is 1. The maximum absolute atomic E-state index is 12.6. The first-order valence-corrected chi connectivity index (χ1v) is 9.17. The molecule has 0 spiro atoms. The number of imide groups is 1. The Bertz CT molecular complexity index is 851. The van der Waals surface area contributed by atoms with Crippen molar-refractivity contribution < 1.29 is 24.2 Å². The fraction of sp³-hybridized carbons (Fsp3) is 0.211. The minimum absolute atomic E-state index is 0.0437. The van der Waals surface area contributed by atoms with Crippen molar-refractivity contribution in [3.8, 4) is 5.75 Å². The maximum Gasteiger partial charge on any atom is 0.291 e. The molecule has 2 amide bonds. The standard InChI is InChI=1S/C19H18N2O5S/c1-2-26-15-9-7-14(8-10-15)20-16-17(22)21(19(25)27-16)11-12-3-5-13(6-4-12)18(23)24/h3-10,16,20H,2,11H2,1H3,(H,23,24)/p-1/t16-/m0/s1. The van der Waals surface area contributed by atoms with Gasteiger partial charge in [0.05, 0.1) is 19.1 Å². The molecule has 1 saturated heterocycles. The molecule has 1 atom stereocenters. The van der Waals surface area contributed by atoms with E-state index >= 15 is 0 Å². The molecule has 0 unspecified atom stereocenters. The average molecular weight is 385 g/mol. The van der Waals surface area contributed by atoms with Crippen LogP contribution in [0.4, 0.5) is 10.5 Å². The minimum atomic E-state index is -1.27. The Kier molecular flexibility index (Phi) is 5.66. The van der Waals surface area contributed by atoms with Crippen molar-refractivity contribution in [3.05, 3.63) is 59.7 Å². The van der Waals surface area contributed by atoms with E-state index in [2.05, 4.69) is 5.32 Å². The number of aromatic carboxylic acids is 1. The Morgan fingerprint density at radius 2 is 1.81 bits per heavy atom. The lowest BCUT2D eigenvalue weighted by molar-refractivity contribution is -0.255. The summed E-state index contributed by atoms with van der Waals surface area (Å²) in [5.41, 5.74) is 1.41. The Morgan fingerprint density at radius 3 is 2.41 bits per heavy atom. The van der Waals surface area contributed by atoms with Gasteiger partial charge in [0.1, 0.15) is 5.75 Å². The van der Waals surface area contributed by atoms with Crippen LogP contribution in [0.2, 0.25) is 0 Å². The zero-order valence-corrected chi connectivity index (χ0v) is 15.3. The van der Waals surface area contributed by atoms with Crippen LogP contribution in [-0.2, 0) is 11.3 Å². The molecule has 1 fully saturated rings. The third-order valence-corrected chi connectivity index (χ3v) is 4.90. The molecule has 2 aromatic carbocycles. The lowest BCUT2D eigenvalue weighted by Gasteiger charge is -2.15. The highest BCUT2D eigenvalue weighted by Crippen LogP contribution is 2.30. The van der Waals surface area contributed by atoms with E-state index in [4.69, 9.17) is 4.74 Å². The molecule has 1 heterocycles. The summed E-state index contributed by atoms with van der Waals surface area (Å²) < 4.78 is 5.37. The van der Waals surface area contributed by atoms with Crippen molar-refractivity contribution in [1.29, 1.82) is 0 Å². The number of rotatable bonds is 7. The number of nitrogens with zero attached hydrogens (tertiary/aromatic N) is 1. The predicted molar refractivity (Wildman–Crippen MR) is 99.3 cm³/mol. The number of ether oxygens (including phenoxy) is 1. The lowest BCUT2D eigenvalue weighted by Crippen LogP contribution is -2.34. The van der Waals surface area contributed by atoms with Gasteiger partial charge in [-0.2, -0.15) is 0 Å². The molecule has 27 heavy (non-hydrogen) atoms. The molecule has 2 aromatic rings. The predicted octanol–water partition coefficient (Wildman–Crippen LogP) is 2.08. The molecule has 0 aliphatic carbocycles. The number of carbonyl (C=O) groups excluding carboxylic acids is 3. The second-order valence-electron chi connectivity index (χ2n) is 5.77. The summed E-state index contributed by atoms with van der Waals surface area (Å²) >= 11 is 0.909. The van der Waals surface area contributed by atoms with Crippen LogP contribution in [0.15, 0.2) is 48.5 Å². The molecule has 140 valence electrons. The van der Waals surface area contributed by atoms with Gasteiger partial charge >= 0.3 is 0 Å². The molecule has 0 aromatic heterocycles. The van der Waals surface area contributed by atoms with Gasteiger partial charge in [-0.1, -0.05) is 24.3 Å². The average Bonchev–Trinajstić information content (AvgIpc) is 2.91. The SMILES string of the molecule is CCOc1ccc(N[C@H]2SC(=O)N(Cc3ccc(C(=O)[O-])cc3)C2=O)cc1. The highest BCUT2D eigenvalue weighted by molar-refractivity contribution is 8.15. The van der Waals surface area contributed by atoms with Crippen molar-refractivity contribution in [1.82, 2.24) is 4.90 Å². The van der Waals surface area contributed by atoms with Crippen LogP contribution < -0.4 is 15.2 Å². The molecular formula is C19H17N2O5S-. The number of carbonyl (C=O) groups is 3. The van der Waals surface area contributed by atoms with Crippen LogP contribution in [0.3, 0.4) is 0 Å². The number of benzene rings is 2. The van der Waals surface area contributed by atoms with Gasteiger partial charge < -0.3 is 20.0 Å². The van der Waals surface area contributed by atoms with Gasteiger partial charge in [0.2, 0.25) is 0 Å². The quantitative estimate of drug-likeness (QED) is 0.779. The number of hydrogen-bond acceptors (Lipinski definition) is 7.